The summed E-state index contributed by atoms with van der Waals surface area (Å²) in [6, 6.07) is 7.66. The highest BCUT2D eigenvalue weighted by atomic mass is 32.2. The molecule has 4 heterocycles. The average molecular weight is 538 g/mol. The molecule has 0 radical (unpaired) electrons. The zero-order valence-electron chi connectivity index (χ0n) is 20.9. The highest BCUT2D eigenvalue weighted by Gasteiger charge is 2.34. The van der Waals surface area contributed by atoms with Crippen molar-refractivity contribution in [3.63, 3.8) is 0 Å². The van der Waals surface area contributed by atoms with Crippen molar-refractivity contribution >= 4 is 46.1 Å². The number of nitrogens with zero attached hydrogens (tertiary/aromatic N) is 5. The summed E-state index contributed by atoms with van der Waals surface area (Å²) in [4.78, 5) is 33.1. The number of fused-ring (bicyclic) bond motifs is 1. The van der Waals surface area contributed by atoms with Crippen LogP contribution in [0.5, 0.6) is 11.5 Å². The number of ether oxygens (including phenoxy) is 2. The third-order valence-corrected chi connectivity index (χ3v) is 8.27. The lowest BCUT2D eigenvalue weighted by Crippen LogP contribution is -2.47. The Hall–Kier alpha value is -3.33. The quantitative estimate of drug-likeness (QED) is 0.422. The molecule has 1 amide bonds. The Balaban J connectivity index is 1.53. The van der Waals surface area contributed by atoms with Crippen molar-refractivity contribution in [1.29, 1.82) is 5.26 Å². The molecule has 2 saturated heterocycles. The highest BCUT2D eigenvalue weighted by molar-refractivity contribution is 8.26. The zero-order valence-corrected chi connectivity index (χ0v) is 22.6. The maximum absolute atomic E-state index is 13.5. The van der Waals surface area contributed by atoms with Gasteiger partial charge in [-0.05, 0) is 50.2 Å². The van der Waals surface area contributed by atoms with E-state index in [1.807, 2.05) is 25.1 Å². The molecule has 3 aliphatic heterocycles. The minimum absolute atomic E-state index is 0.0989. The van der Waals surface area contributed by atoms with Crippen LogP contribution >= 0.6 is 24.0 Å². The summed E-state index contributed by atoms with van der Waals surface area (Å²) in [6.07, 6.45) is 1.80. The fourth-order valence-corrected chi connectivity index (χ4v) is 6.02. The lowest BCUT2D eigenvalue weighted by atomic mass is 10.0. The van der Waals surface area contributed by atoms with Crippen LogP contribution in [0.4, 0.5) is 5.82 Å². The summed E-state index contributed by atoms with van der Waals surface area (Å²) in [6.45, 7) is 7.78. The molecule has 5 rings (SSSR count). The van der Waals surface area contributed by atoms with Gasteiger partial charge in [0, 0.05) is 38.3 Å². The number of anilines is 1. The standard InChI is InChI=1S/C26H27N5O4S2/c1-4-30-23(29-9-7-28(3)8-10-29)18(16(2)19(13-27)24(30)32)12-22-25(33)31(26(36)37-22)14-17-5-6-20-21(11-17)35-15-34-20/h5-6,11-12H,4,7-10,14-15H2,1-3H3/b22-12+. The van der Waals surface area contributed by atoms with Crippen LogP contribution in [-0.2, 0) is 17.9 Å². The van der Waals surface area contributed by atoms with Crippen LogP contribution < -0.4 is 19.9 Å². The number of carbonyl (C=O) groups is 1. The number of hydrogen-bond acceptors (Lipinski definition) is 9. The Morgan fingerprint density at radius 2 is 1.89 bits per heavy atom. The van der Waals surface area contributed by atoms with Gasteiger partial charge in [0.05, 0.1) is 11.4 Å². The third-order valence-electron chi connectivity index (χ3n) is 6.89. The predicted octanol–water partition coefficient (Wildman–Crippen LogP) is 2.93. The molecule has 2 fully saturated rings. The predicted molar refractivity (Wildman–Crippen MR) is 147 cm³/mol. The summed E-state index contributed by atoms with van der Waals surface area (Å²) in [7, 11) is 2.07. The molecule has 3 aliphatic rings. The van der Waals surface area contributed by atoms with Crippen molar-refractivity contribution in [3.8, 4) is 17.6 Å². The summed E-state index contributed by atoms with van der Waals surface area (Å²) in [5.41, 5.74) is 1.96. The van der Waals surface area contributed by atoms with Crippen molar-refractivity contribution in [1.82, 2.24) is 14.4 Å². The van der Waals surface area contributed by atoms with E-state index < -0.39 is 0 Å². The Bertz CT molecular complexity index is 1420. The lowest BCUT2D eigenvalue weighted by Gasteiger charge is -2.36. The molecule has 11 heteroatoms. The number of rotatable bonds is 5. The van der Waals surface area contributed by atoms with Crippen LogP contribution in [0.2, 0.25) is 0 Å². The maximum atomic E-state index is 13.5. The van der Waals surface area contributed by atoms with Crippen LogP contribution in [0.1, 0.15) is 29.2 Å². The van der Waals surface area contributed by atoms with E-state index in [0.29, 0.717) is 44.9 Å². The van der Waals surface area contributed by atoms with Gasteiger partial charge in [-0.15, -0.1) is 0 Å². The molecular formula is C26H27N5O4S2. The van der Waals surface area contributed by atoms with Crippen LogP contribution in [0.15, 0.2) is 27.9 Å². The zero-order chi connectivity index (χ0) is 26.3. The van der Waals surface area contributed by atoms with Crippen molar-refractivity contribution in [2.45, 2.75) is 26.9 Å². The fourth-order valence-electron chi connectivity index (χ4n) is 4.79. The van der Waals surface area contributed by atoms with Gasteiger partial charge in [-0.3, -0.25) is 19.1 Å². The van der Waals surface area contributed by atoms with Gasteiger partial charge in [0.25, 0.3) is 11.5 Å². The monoisotopic (exact) mass is 537 g/mol. The first-order valence-corrected chi connectivity index (χ1v) is 13.3. The van der Waals surface area contributed by atoms with Gasteiger partial charge < -0.3 is 19.3 Å². The van der Waals surface area contributed by atoms with Crippen molar-refractivity contribution in [3.05, 3.63) is 55.7 Å². The van der Waals surface area contributed by atoms with Crippen molar-refractivity contribution in [2.24, 2.45) is 0 Å². The first-order chi connectivity index (χ1) is 17.8. The lowest BCUT2D eigenvalue weighted by molar-refractivity contribution is -0.122. The Labute approximate surface area is 224 Å². The van der Waals surface area contributed by atoms with E-state index >= 15 is 0 Å². The van der Waals surface area contributed by atoms with Crippen LogP contribution in [0.3, 0.4) is 0 Å². The summed E-state index contributed by atoms with van der Waals surface area (Å²) < 4.78 is 12.9. The van der Waals surface area contributed by atoms with Gasteiger partial charge >= 0.3 is 0 Å². The first-order valence-electron chi connectivity index (χ1n) is 12.1. The first kappa shape index (κ1) is 25.3. The van der Waals surface area contributed by atoms with Gasteiger partial charge in [0.2, 0.25) is 6.79 Å². The van der Waals surface area contributed by atoms with Crippen LogP contribution in [0.25, 0.3) is 6.08 Å². The number of hydrogen-bond donors (Lipinski definition) is 0. The minimum atomic E-state index is -0.302. The molecule has 1 aromatic heterocycles. The number of aromatic nitrogens is 1. The second kappa shape index (κ2) is 10.2. The van der Waals surface area contributed by atoms with Gasteiger partial charge in [0.1, 0.15) is 21.8 Å². The number of thioether (sulfide) groups is 1. The maximum Gasteiger partial charge on any atom is 0.270 e. The number of amides is 1. The topological polar surface area (TPSA) is 91.0 Å². The Morgan fingerprint density at radius 3 is 2.59 bits per heavy atom. The molecule has 0 bridgehead atoms. The van der Waals surface area contributed by atoms with E-state index in [9.17, 15) is 14.9 Å². The van der Waals surface area contributed by atoms with E-state index in [1.165, 1.54) is 11.8 Å². The Kier molecular flexibility index (Phi) is 6.98. The molecule has 1 aromatic carbocycles. The molecular weight excluding hydrogens is 510 g/mol. The second-order valence-electron chi connectivity index (χ2n) is 9.14. The fraction of sp³-hybridized carbons (Fsp3) is 0.385. The van der Waals surface area contributed by atoms with E-state index in [2.05, 4.69) is 22.9 Å². The van der Waals surface area contributed by atoms with Crippen LogP contribution in [-0.4, -0.2) is 64.6 Å². The highest BCUT2D eigenvalue weighted by Crippen LogP contribution is 2.38. The Morgan fingerprint density at radius 1 is 1.16 bits per heavy atom. The second-order valence-corrected chi connectivity index (χ2v) is 10.8. The number of likely N-dealkylation sites (N-methyl/N-ethyl adjacent to an activating group) is 1. The number of carbonyl (C=O) groups excluding carboxylic acids is 1. The van der Waals surface area contributed by atoms with Crippen molar-refractivity contribution in [2.75, 3.05) is 44.9 Å². The van der Waals surface area contributed by atoms with Gasteiger partial charge in [-0.2, -0.15) is 5.26 Å². The molecule has 0 N–H and O–H groups in total. The van der Waals surface area contributed by atoms with Crippen molar-refractivity contribution < 1.29 is 14.3 Å². The number of piperazine rings is 1. The molecule has 0 saturated carbocycles. The molecule has 0 aliphatic carbocycles. The average Bonchev–Trinajstić information content (AvgIpc) is 3.46. The van der Waals surface area contributed by atoms with E-state index in [0.717, 1.165) is 37.6 Å². The summed E-state index contributed by atoms with van der Waals surface area (Å²) in [5.74, 6) is 1.87. The third kappa shape index (κ3) is 4.61. The van der Waals surface area contributed by atoms with Crippen LogP contribution in [0, 0.1) is 18.3 Å². The van der Waals surface area contributed by atoms with Gasteiger partial charge in [-0.25, -0.2) is 0 Å². The molecule has 0 unspecified atom stereocenters. The summed E-state index contributed by atoms with van der Waals surface area (Å²) in [5, 5.41) is 9.78. The largest absolute Gasteiger partial charge is 0.454 e. The molecule has 0 spiro atoms. The number of nitriles is 1. The normalized spacial score (nSPS) is 18.7. The number of pyridine rings is 1. The smallest absolute Gasteiger partial charge is 0.270 e. The van der Waals surface area contributed by atoms with E-state index in [4.69, 9.17) is 21.7 Å². The molecule has 192 valence electrons. The van der Waals surface area contributed by atoms with Gasteiger partial charge in [0.15, 0.2) is 11.5 Å². The molecule has 0 atom stereocenters. The SMILES string of the molecule is CCn1c(N2CCN(C)CC2)c(/C=C2/SC(=S)N(Cc3ccc4c(c3)OCO4)C2=O)c(C)c(C#N)c1=O. The summed E-state index contributed by atoms with van der Waals surface area (Å²) >= 11 is 6.81. The molecule has 2 aromatic rings. The molecule has 37 heavy (non-hydrogen) atoms. The minimum Gasteiger partial charge on any atom is -0.454 e. The van der Waals surface area contributed by atoms with E-state index in [-0.39, 0.29) is 23.8 Å². The van der Waals surface area contributed by atoms with E-state index in [1.54, 1.807) is 22.5 Å². The number of thiocarbonyl (C=S) groups is 1. The van der Waals surface area contributed by atoms with Gasteiger partial charge in [-0.1, -0.05) is 30.0 Å². The number of benzene rings is 1. The molecule has 9 nitrogen and oxygen atoms in total.